The molecule has 1 N–H and O–H groups in total. The molecule has 1 aromatic carbocycles. The van der Waals surface area contributed by atoms with Gasteiger partial charge in [-0.05, 0) is 30.9 Å². The average Bonchev–Trinajstić information content (AvgIpc) is 2.15. The van der Waals surface area contributed by atoms with Gasteiger partial charge in [0.25, 0.3) is 0 Å². The summed E-state index contributed by atoms with van der Waals surface area (Å²) in [5.74, 6) is 0. The van der Waals surface area contributed by atoms with Crippen LogP contribution in [0.2, 0.25) is 0 Å². The molecule has 0 fully saturated rings. The Hall–Kier alpha value is -1.08. The van der Waals surface area contributed by atoms with Gasteiger partial charge in [-0.2, -0.15) is 0 Å². The minimum absolute atomic E-state index is 0.276. The molecule has 0 radical (unpaired) electrons. The molecule has 13 heavy (non-hydrogen) atoms. The van der Waals surface area contributed by atoms with Gasteiger partial charge in [0.1, 0.15) is 0 Å². The number of unbranched alkanes of at least 4 members (excludes halogenated alkanes) is 1. The molecule has 0 saturated heterocycles. The molecule has 0 aliphatic rings. The van der Waals surface area contributed by atoms with Crippen molar-refractivity contribution >= 4 is 6.08 Å². The summed E-state index contributed by atoms with van der Waals surface area (Å²) in [4.78, 5) is 0. The van der Waals surface area contributed by atoms with Gasteiger partial charge in [0.2, 0.25) is 0 Å². The molecule has 70 valence electrons. The van der Waals surface area contributed by atoms with E-state index in [-0.39, 0.29) is 6.61 Å². The summed E-state index contributed by atoms with van der Waals surface area (Å²) in [6, 6.07) is 8.29. The van der Waals surface area contributed by atoms with Crippen molar-refractivity contribution in [2.75, 3.05) is 6.61 Å². The van der Waals surface area contributed by atoms with E-state index < -0.39 is 0 Å². The maximum Gasteiger partial charge on any atom is 0.0433 e. The number of aliphatic hydroxyl groups excluding tert-OH is 1. The van der Waals surface area contributed by atoms with Crippen LogP contribution in [0.1, 0.15) is 24.0 Å². The largest absolute Gasteiger partial charge is 0.396 e. The standard InChI is InChI=1S/C12H16O/c1-11-7-4-5-9-12(11)8-3-2-6-10-13/h3-5,7-9,13H,2,6,10H2,1H3/b8-3-. The molecule has 1 heteroatoms. The lowest BCUT2D eigenvalue weighted by Gasteiger charge is -1.97. The lowest BCUT2D eigenvalue weighted by molar-refractivity contribution is 0.290. The minimum Gasteiger partial charge on any atom is -0.396 e. The summed E-state index contributed by atoms with van der Waals surface area (Å²) in [5, 5.41) is 8.58. The molecule has 0 heterocycles. The monoisotopic (exact) mass is 176 g/mol. The predicted molar refractivity (Wildman–Crippen MR) is 56.5 cm³/mol. The van der Waals surface area contributed by atoms with Gasteiger partial charge >= 0.3 is 0 Å². The van der Waals surface area contributed by atoms with Crippen LogP contribution in [0.15, 0.2) is 30.3 Å². The lowest BCUT2D eigenvalue weighted by Crippen LogP contribution is -1.80. The molecule has 0 aliphatic carbocycles. The van der Waals surface area contributed by atoms with Crippen LogP contribution in [0, 0.1) is 6.92 Å². The Balaban J connectivity index is 2.53. The molecule has 0 atom stereocenters. The molecule has 0 saturated carbocycles. The minimum atomic E-state index is 0.276. The zero-order chi connectivity index (χ0) is 9.52. The summed E-state index contributed by atoms with van der Waals surface area (Å²) in [6.07, 6.45) is 6.02. The van der Waals surface area contributed by atoms with E-state index in [4.69, 9.17) is 5.11 Å². The van der Waals surface area contributed by atoms with Crippen molar-refractivity contribution < 1.29 is 5.11 Å². The Bertz CT molecular complexity index is 276. The number of hydrogen-bond acceptors (Lipinski definition) is 1. The lowest BCUT2D eigenvalue weighted by atomic mass is 10.1. The number of hydrogen-bond donors (Lipinski definition) is 1. The summed E-state index contributed by atoms with van der Waals surface area (Å²) in [6.45, 7) is 2.38. The molecule has 1 rings (SSSR count). The van der Waals surface area contributed by atoms with E-state index in [1.54, 1.807) is 0 Å². The van der Waals surface area contributed by atoms with Gasteiger partial charge in [-0.15, -0.1) is 0 Å². The van der Waals surface area contributed by atoms with Crippen LogP contribution >= 0.6 is 0 Å². The first-order chi connectivity index (χ1) is 6.34. The van der Waals surface area contributed by atoms with Gasteiger partial charge in [-0.1, -0.05) is 36.4 Å². The van der Waals surface area contributed by atoms with Crippen LogP contribution in [0.4, 0.5) is 0 Å². The second-order valence-electron chi connectivity index (χ2n) is 3.12. The normalized spacial score (nSPS) is 10.9. The Kier molecular flexibility index (Phi) is 4.27. The second-order valence-corrected chi connectivity index (χ2v) is 3.12. The fourth-order valence-corrected chi connectivity index (χ4v) is 1.19. The molecular weight excluding hydrogens is 160 g/mol. The smallest absolute Gasteiger partial charge is 0.0433 e. The average molecular weight is 176 g/mol. The SMILES string of the molecule is Cc1ccccc1/C=C\CCCO. The quantitative estimate of drug-likeness (QED) is 0.699. The molecular formula is C12H16O. The van der Waals surface area contributed by atoms with E-state index in [1.165, 1.54) is 11.1 Å². The molecule has 0 aliphatic heterocycles. The fourth-order valence-electron chi connectivity index (χ4n) is 1.19. The summed E-state index contributed by atoms with van der Waals surface area (Å²) in [5.41, 5.74) is 2.56. The van der Waals surface area contributed by atoms with E-state index in [2.05, 4.69) is 31.2 Å². The summed E-state index contributed by atoms with van der Waals surface area (Å²) >= 11 is 0. The Morgan fingerprint density at radius 1 is 1.31 bits per heavy atom. The first kappa shape index (κ1) is 10.0. The number of rotatable bonds is 4. The maximum atomic E-state index is 8.58. The van der Waals surface area contributed by atoms with E-state index >= 15 is 0 Å². The zero-order valence-electron chi connectivity index (χ0n) is 8.03. The van der Waals surface area contributed by atoms with Crippen molar-refractivity contribution in [2.24, 2.45) is 0 Å². The highest BCUT2D eigenvalue weighted by molar-refractivity contribution is 5.53. The van der Waals surface area contributed by atoms with Crippen LogP contribution in [0.25, 0.3) is 6.08 Å². The van der Waals surface area contributed by atoms with Crippen LogP contribution < -0.4 is 0 Å². The summed E-state index contributed by atoms with van der Waals surface area (Å²) < 4.78 is 0. The topological polar surface area (TPSA) is 20.2 Å². The third kappa shape index (κ3) is 3.43. The van der Waals surface area contributed by atoms with E-state index in [0.717, 1.165) is 12.8 Å². The highest BCUT2D eigenvalue weighted by Gasteiger charge is 1.89. The van der Waals surface area contributed by atoms with Crippen molar-refractivity contribution in [3.8, 4) is 0 Å². The van der Waals surface area contributed by atoms with E-state index in [0.29, 0.717) is 0 Å². The van der Waals surface area contributed by atoms with Gasteiger partial charge in [0.15, 0.2) is 0 Å². The van der Waals surface area contributed by atoms with Crippen LogP contribution in [-0.2, 0) is 0 Å². The molecule has 0 unspecified atom stereocenters. The van der Waals surface area contributed by atoms with Crippen LogP contribution in [0.5, 0.6) is 0 Å². The Morgan fingerprint density at radius 3 is 2.77 bits per heavy atom. The highest BCUT2D eigenvalue weighted by atomic mass is 16.2. The number of allylic oxidation sites excluding steroid dienone is 1. The third-order valence-electron chi connectivity index (χ3n) is 2.01. The molecule has 1 nitrogen and oxygen atoms in total. The van der Waals surface area contributed by atoms with Gasteiger partial charge in [-0.3, -0.25) is 0 Å². The van der Waals surface area contributed by atoms with Gasteiger partial charge in [-0.25, -0.2) is 0 Å². The molecule has 0 aromatic heterocycles. The first-order valence-electron chi connectivity index (χ1n) is 4.67. The van der Waals surface area contributed by atoms with Crippen molar-refractivity contribution in [2.45, 2.75) is 19.8 Å². The number of aryl methyl sites for hydroxylation is 1. The van der Waals surface area contributed by atoms with Crippen LogP contribution in [0.3, 0.4) is 0 Å². The number of benzene rings is 1. The van der Waals surface area contributed by atoms with Crippen LogP contribution in [-0.4, -0.2) is 11.7 Å². The first-order valence-corrected chi connectivity index (χ1v) is 4.67. The Morgan fingerprint density at radius 2 is 2.08 bits per heavy atom. The molecule has 0 bridgehead atoms. The fraction of sp³-hybridized carbons (Fsp3) is 0.333. The van der Waals surface area contributed by atoms with Gasteiger partial charge in [0, 0.05) is 6.61 Å². The Labute approximate surface area is 79.7 Å². The van der Waals surface area contributed by atoms with E-state index in [9.17, 15) is 0 Å². The van der Waals surface area contributed by atoms with Gasteiger partial charge < -0.3 is 5.11 Å². The predicted octanol–water partition coefficient (Wildman–Crippen LogP) is 2.78. The van der Waals surface area contributed by atoms with Crippen molar-refractivity contribution in [3.63, 3.8) is 0 Å². The highest BCUT2D eigenvalue weighted by Crippen LogP contribution is 2.09. The summed E-state index contributed by atoms with van der Waals surface area (Å²) in [7, 11) is 0. The van der Waals surface area contributed by atoms with Gasteiger partial charge in [0.05, 0.1) is 0 Å². The van der Waals surface area contributed by atoms with Crippen molar-refractivity contribution in [3.05, 3.63) is 41.5 Å². The van der Waals surface area contributed by atoms with E-state index in [1.807, 2.05) is 12.1 Å². The number of aliphatic hydroxyl groups is 1. The molecule has 1 aromatic rings. The molecule has 0 spiro atoms. The van der Waals surface area contributed by atoms with Crippen molar-refractivity contribution in [1.29, 1.82) is 0 Å². The molecule has 0 amide bonds. The van der Waals surface area contributed by atoms with Crippen molar-refractivity contribution in [1.82, 2.24) is 0 Å². The zero-order valence-corrected chi connectivity index (χ0v) is 8.03. The third-order valence-corrected chi connectivity index (χ3v) is 2.01. The maximum absolute atomic E-state index is 8.58. The second kappa shape index (κ2) is 5.55.